The molecule has 1 fully saturated rings. The van der Waals surface area contributed by atoms with Gasteiger partial charge in [-0.1, -0.05) is 20.8 Å². The molecule has 0 amide bonds. The molecule has 0 bridgehead atoms. The Morgan fingerprint density at radius 1 is 1.44 bits per heavy atom. The molecule has 0 unspecified atom stereocenters. The number of rotatable bonds is 2. The second kappa shape index (κ2) is 4.14. The standard InChI is InChI=1S/C11H19N3O2/c1-11(2,3)10-13-12-9(16-10)7-14-5-4-8(15)6-14/h8,15H,4-7H2,1-3H3/t8-/m0/s1. The van der Waals surface area contributed by atoms with Crippen molar-refractivity contribution in [2.45, 2.75) is 45.3 Å². The summed E-state index contributed by atoms with van der Waals surface area (Å²) in [5.74, 6) is 1.31. The van der Waals surface area contributed by atoms with Crippen LogP contribution in [-0.4, -0.2) is 39.4 Å². The van der Waals surface area contributed by atoms with E-state index in [9.17, 15) is 5.11 Å². The SMILES string of the molecule is CC(C)(C)c1nnc(CN2CC[C@H](O)C2)o1. The Hall–Kier alpha value is -0.940. The molecule has 0 radical (unpaired) electrons. The van der Waals surface area contributed by atoms with Crippen molar-refractivity contribution in [3.05, 3.63) is 11.8 Å². The molecule has 1 aliphatic heterocycles. The van der Waals surface area contributed by atoms with Crippen LogP contribution in [0, 0.1) is 0 Å². The molecule has 1 aromatic rings. The molecule has 0 aromatic carbocycles. The molecule has 1 aromatic heterocycles. The van der Waals surface area contributed by atoms with Crippen LogP contribution >= 0.6 is 0 Å². The molecule has 1 atom stereocenters. The Labute approximate surface area is 95.5 Å². The Morgan fingerprint density at radius 3 is 2.69 bits per heavy atom. The van der Waals surface area contributed by atoms with Crippen molar-refractivity contribution in [1.82, 2.24) is 15.1 Å². The molecule has 0 aliphatic carbocycles. The first-order chi connectivity index (χ1) is 7.45. The van der Waals surface area contributed by atoms with Gasteiger partial charge in [0.25, 0.3) is 0 Å². The minimum absolute atomic E-state index is 0.101. The van der Waals surface area contributed by atoms with Gasteiger partial charge in [0.2, 0.25) is 11.8 Å². The number of aliphatic hydroxyl groups is 1. The van der Waals surface area contributed by atoms with E-state index in [0.717, 1.165) is 13.0 Å². The summed E-state index contributed by atoms with van der Waals surface area (Å²) >= 11 is 0. The second-order valence-corrected chi connectivity index (χ2v) is 5.43. The largest absolute Gasteiger partial charge is 0.423 e. The van der Waals surface area contributed by atoms with Crippen molar-refractivity contribution < 1.29 is 9.52 Å². The lowest BCUT2D eigenvalue weighted by atomic mass is 9.97. The zero-order valence-electron chi connectivity index (χ0n) is 10.1. The zero-order valence-corrected chi connectivity index (χ0v) is 10.1. The van der Waals surface area contributed by atoms with E-state index >= 15 is 0 Å². The fourth-order valence-corrected chi connectivity index (χ4v) is 1.77. The predicted octanol–water partition coefficient (Wildman–Crippen LogP) is 0.934. The normalized spacial score (nSPS) is 22.9. The van der Waals surface area contributed by atoms with Crippen molar-refractivity contribution in [2.24, 2.45) is 0 Å². The van der Waals surface area contributed by atoms with Gasteiger partial charge in [0.05, 0.1) is 12.6 Å². The fourth-order valence-electron chi connectivity index (χ4n) is 1.77. The summed E-state index contributed by atoms with van der Waals surface area (Å²) in [7, 11) is 0. The summed E-state index contributed by atoms with van der Waals surface area (Å²) < 4.78 is 5.60. The Bertz CT molecular complexity index is 356. The van der Waals surface area contributed by atoms with Gasteiger partial charge >= 0.3 is 0 Å². The maximum atomic E-state index is 9.40. The predicted molar refractivity (Wildman–Crippen MR) is 58.9 cm³/mol. The minimum Gasteiger partial charge on any atom is -0.423 e. The van der Waals surface area contributed by atoms with Crippen LogP contribution in [0.2, 0.25) is 0 Å². The summed E-state index contributed by atoms with van der Waals surface area (Å²) in [5, 5.41) is 17.5. The lowest BCUT2D eigenvalue weighted by molar-refractivity contribution is 0.170. The van der Waals surface area contributed by atoms with Crippen LogP contribution in [0.4, 0.5) is 0 Å². The fraction of sp³-hybridized carbons (Fsp3) is 0.818. The number of likely N-dealkylation sites (tertiary alicyclic amines) is 1. The van der Waals surface area contributed by atoms with Crippen molar-refractivity contribution in [3.8, 4) is 0 Å². The highest BCUT2D eigenvalue weighted by molar-refractivity contribution is 4.96. The number of hydrogen-bond acceptors (Lipinski definition) is 5. The molecule has 5 nitrogen and oxygen atoms in total. The van der Waals surface area contributed by atoms with Gasteiger partial charge in [-0.05, 0) is 6.42 Å². The highest BCUT2D eigenvalue weighted by atomic mass is 16.4. The maximum absolute atomic E-state index is 9.40. The van der Waals surface area contributed by atoms with E-state index in [1.165, 1.54) is 0 Å². The summed E-state index contributed by atoms with van der Waals surface area (Å²) in [6, 6.07) is 0. The minimum atomic E-state index is -0.204. The van der Waals surface area contributed by atoms with Gasteiger partial charge in [0, 0.05) is 18.5 Å². The summed E-state index contributed by atoms with van der Waals surface area (Å²) in [6.45, 7) is 8.37. The highest BCUT2D eigenvalue weighted by Crippen LogP contribution is 2.21. The van der Waals surface area contributed by atoms with E-state index in [4.69, 9.17) is 4.42 Å². The average Bonchev–Trinajstić information content (AvgIpc) is 2.74. The Kier molecular flexibility index (Phi) is 2.99. The third-order valence-corrected chi connectivity index (χ3v) is 2.71. The number of β-amino-alcohol motifs (C(OH)–C–C–N with tert-alkyl or cyclic N) is 1. The summed E-state index contributed by atoms with van der Waals surface area (Å²) in [4.78, 5) is 2.13. The first kappa shape index (κ1) is 11.5. The van der Waals surface area contributed by atoms with Crippen LogP contribution in [0.25, 0.3) is 0 Å². The second-order valence-electron chi connectivity index (χ2n) is 5.43. The molecule has 2 rings (SSSR count). The molecular formula is C11H19N3O2. The number of nitrogens with zero attached hydrogens (tertiary/aromatic N) is 3. The Morgan fingerprint density at radius 2 is 2.19 bits per heavy atom. The van der Waals surface area contributed by atoms with Crippen molar-refractivity contribution in [3.63, 3.8) is 0 Å². The number of aliphatic hydroxyl groups excluding tert-OH is 1. The number of aromatic nitrogens is 2. The quantitative estimate of drug-likeness (QED) is 0.811. The molecule has 2 heterocycles. The molecule has 1 saturated heterocycles. The van der Waals surface area contributed by atoms with Crippen molar-refractivity contribution in [2.75, 3.05) is 13.1 Å². The summed E-state index contributed by atoms with van der Waals surface area (Å²) in [6.07, 6.45) is 0.630. The first-order valence-electron chi connectivity index (χ1n) is 5.68. The molecule has 16 heavy (non-hydrogen) atoms. The van der Waals surface area contributed by atoms with E-state index < -0.39 is 0 Å². The van der Waals surface area contributed by atoms with Crippen LogP contribution in [0.3, 0.4) is 0 Å². The molecule has 0 saturated carbocycles. The van der Waals surface area contributed by atoms with Gasteiger partial charge in [0.15, 0.2) is 0 Å². The summed E-state index contributed by atoms with van der Waals surface area (Å²) in [5.41, 5.74) is -0.101. The van der Waals surface area contributed by atoms with Gasteiger partial charge in [-0.15, -0.1) is 10.2 Å². The van der Waals surface area contributed by atoms with Crippen LogP contribution in [0.5, 0.6) is 0 Å². The molecule has 90 valence electrons. The van der Waals surface area contributed by atoms with Crippen LogP contribution < -0.4 is 0 Å². The van der Waals surface area contributed by atoms with Gasteiger partial charge in [-0.3, -0.25) is 4.90 Å². The van der Waals surface area contributed by atoms with Crippen LogP contribution in [0.1, 0.15) is 39.0 Å². The first-order valence-corrected chi connectivity index (χ1v) is 5.68. The third-order valence-electron chi connectivity index (χ3n) is 2.71. The third kappa shape index (κ3) is 2.59. The molecule has 1 N–H and O–H groups in total. The van der Waals surface area contributed by atoms with E-state index in [1.54, 1.807) is 0 Å². The van der Waals surface area contributed by atoms with Gasteiger partial charge < -0.3 is 9.52 Å². The monoisotopic (exact) mass is 225 g/mol. The highest BCUT2D eigenvalue weighted by Gasteiger charge is 2.24. The molecular weight excluding hydrogens is 206 g/mol. The zero-order chi connectivity index (χ0) is 11.8. The smallest absolute Gasteiger partial charge is 0.230 e. The van der Waals surface area contributed by atoms with E-state index in [1.807, 2.05) is 20.8 Å². The van der Waals surface area contributed by atoms with Crippen LogP contribution in [0.15, 0.2) is 4.42 Å². The van der Waals surface area contributed by atoms with Gasteiger partial charge in [0.1, 0.15) is 0 Å². The maximum Gasteiger partial charge on any atom is 0.230 e. The molecule has 1 aliphatic rings. The van der Waals surface area contributed by atoms with Crippen molar-refractivity contribution in [1.29, 1.82) is 0 Å². The topological polar surface area (TPSA) is 62.4 Å². The van der Waals surface area contributed by atoms with Crippen LogP contribution in [-0.2, 0) is 12.0 Å². The van der Waals surface area contributed by atoms with Gasteiger partial charge in [-0.25, -0.2) is 0 Å². The lowest BCUT2D eigenvalue weighted by Gasteiger charge is -2.13. The van der Waals surface area contributed by atoms with Gasteiger partial charge in [-0.2, -0.15) is 0 Å². The van der Waals surface area contributed by atoms with Crippen molar-refractivity contribution >= 4 is 0 Å². The Balaban J connectivity index is 1.98. The van der Waals surface area contributed by atoms with E-state index in [0.29, 0.717) is 24.9 Å². The lowest BCUT2D eigenvalue weighted by Crippen LogP contribution is -2.21. The molecule has 5 heteroatoms. The molecule has 0 spiro atoms. The average molecular weight is 225 g/mol. The number of hydrogen-bond donors (Lipinski definition) is 1. The van der Waals surface area contributed by atoms with E-state index in [-0.39, 0.29) is 11.5 Å². The van der Waals surface area contributed by atoms with E-state index in [2.05, 4.69) is 15.1 Å².